The molecule has 0 unspecified atom stereocenters. The number of carbonyl (C=O) groups excluding carboxylic acids is 8. The standard InChI is InChI=1S/C16H32N2O11Si2.C12H28N2O7Si2.C10H28N2OSi2.C8H24O4Si4.C6H20N2OSi2.C6H10O2.C3H4O3.8CH4/c1-30(2,11-17-15(23)27-7-5-25-13(21)9-19)29-31(3,4)12-18-16(24)28-8-6-26-14(22)10-20;1-22(2,9-13-11(17)19-7-5-15)21-23(3,4)10-14-12(18)20-8-6-16;1-14(2,9-5-7-11)13-15(3,4)10-6-8-12;1-13(2)9-14(3,4)11-16(7,8)12-15(5,6)10-13;1-10(2,5-7)9-11(3,4)6-8;7-6-4-2-1-3-5-8-6;4-3-5-1-2-6-3;;;;;;;;/h19-20H,5-12H2,1-4H3,(H,17,23)(H,18,24);15-16H,5-10H2,1-4H3,(H,13,17)(H,14,18);5-12H2,1-4H3;1-8H3;5-8H2,1-4H3;1-5H2;1-2H2;8*1H4. The van der Waals surface area contributed by atoms with E-state index in [2.05, 4.69) is 145 Å². The van der Waals surface area contributed by atoms with Crippen molar-refractivity contribution in [3.05, 3.63) is 0 Å². The van der Waals surface area contributed by atoms with Crippen LogP contribution >= 0.6 is 0 Å². The fourth-order valence-corrected chi connectivity index (χ4v) is 62.3. The molecule has 0 atom stereocenters. The number of nitrogens with one attached hydrogen (secondary N) is 4. The number of aliphatic hydroxyl groups is 4. The third-order valence-electron chi connectivity index (χ3n) is 13.6. The van der Waals surface area contributed by atoms with Gasteiger partial charge >= 0.3 is 82.7 Å². The zero-order chi connectivity index (χ0) is 86.0. The topological polar surface area (TPSA) is 527 Å². The molecule has 0 spiro atoms. The van der Waals surface area contributed by atoms with E-state index in [0.29, 0.717) is 50.9 Å². The number of hydrogen-bond acceptors (Lipinski definition) is 33. The molecule has 0 aliphatic carbocycles. The summed E-state index contributed by atoms with van der Waals surface area (Å²) in [6, 6.07) is 2.37. The molecular weight excluding hydrogens is 1740 g/mol. The Kier molecular flexibility index (Phi) is 84.5. The molecule has 3 saturated heterocycles. The van der Waals surface area contributed by atoms with Crippen molar-refractivity contribution in [1.82, 2.24) is 21.3 Å². The van der Waals surface area contributed by atoms with Crippen molar-refractivity contribution in [1.29, 1.82) is 0 Å². The molecule has 0 saturated carbocycles. The lowest BCUT2D eigenvalue weighted by atomic mass is 10.2. The maximum atomic E-state index is 11.7. The first-order valence-corrected chi connectivity index (χ1v) is 73.2. The summed E-state index contributed by atoms with van der Waals surface area (Å²) < 4.78 is 91.0. The summed E-state index contributed by atoms with van der Waals surface area (Å²) in [5.74, 6) is -1.64. The first kappa shape index (κ1) is 141. The zero-order valence-corrected chi connectivity index (χ0v) is 82.8. The van der Waals surface area contributed by atoms with Crippen molar-refractivity contribution in [2.45, 2.75) is 267 Å². The fraction of sp³-hybridized carbons (Fsp3) is 0.884. The number of esters is 3. The lowest BCUT2D eigenvalue weighted by molar-refractivity contribution is -0.148. The second kappa shape index (κ2) is 70.9. The molecule has 0 aromatic rings. The molecule has 3 heterocycles. The van der Waals surface area contributed by atoms with E-state index in [1.807, 2.05) is 52.4 Å². The van der Waals surface area contributed by atoms with Crippen molar-refractivity contribution in [2.75, 3.05) is 136 Å². The van der Waals surface area contributed by atoms with Crippen LogP contribution in [-0.2, 0) is 89.9 Å². The molecule has 16 N–H and O–H groups in total. The molecule has 0 aromatic carbocycles. The average Bonchev–Trinajstić information content (AvgIpc) is 0.805. The Morgan fingerprint density at radius 2 is 0.610 bits per heavy atom. The van der Waals surface area contributed by atoms with Crippen molar-refractivity contribution < 1.29 is 134 Å². The molecule has 3 aliphatic rings. The van der Waals surface area contributed by atoms with Crippen LogP contribution in [-0.4, -0.2) is 306 Å². The summed E-state index contributed by atoms with van der Waals surface area (Å²) in [6.07, 6.45) is 5.55. The third kappa shape index (κ3) is 87.6. The largest absolute Gasteiger partial charge is 0.508 e. The van der Waals surface area contributed by atoms with E-state index >= 15 is 0 Å². The zero-order valence-electron chi connectivity index (χ0n) is 70.8. The predicted molar refractivity (Wildman–Crippen MR) is 502 cm³/mol. The van der Waals surface area contributed by atoms with Gasteiger partial charge in [-0.2, -0.15) is 0 Å². The molecular formula is C69H178N8O29Si12. The van der Waals surface area contributed by atoms with Gasteiger partial charge in [0.2, 0.25) is 0 Å². The predicted octanol–water partition coefficient (Wildman–Crippen LogP) is 10.7. The molecule has 0 bridgehead atoms. The summed E-state index contributed by atoms with van der Waals surface area (Å²) in [4.78, 5) is 87.9. The van der Waals surface area contributed by atoms with Crippen LogP contribution < -0.4 is 44.2 Å². The smallest absolute Gasteiger partial charge is 0.466 e. The van der Waals surface area contributed by atoms with Crippen molar-refractivity contribution in [3.63, 3.8) is 0 Å². The van der Waals surface area contributed by atoms with Crippen LogP contribution in [0, 0.1) is 0 Å². The molecule has 0 aromatic heterocycles. The molecule has 49 heteroatoms. The van der Waals surface area contributed by atoms with Crippen molar-refractivity contribution in [3.8, 4) is 0 Å². The Bertz CT molecular complexity index is 2420. The van der Waals surface area contributed by atoms with E-state index < -0.39 is 156 Å². The molecule has 3 aliphatic heterocycles. The van der Waals surface area contributed by atoms with Crippen LogP contribution in [0.4, 0.5) is 24.0 Å². The lowest BCUT2D eigenvalue weighted by Crippen LogP contribution is -2.64. The van der Waals surface area contributed by atoms with Gasteiger partial charge in [-0.05, 0) is 214 Å². The maximum absolute atomic E-state index is 11.7. The number of amides is 4. The molecule has 3 rings (SSSR count). The molecule has 37 nitrogen and oxygen atoms in total. The second-order valence-corrected chi connectivity index (χ2v) is 80.9. The van der Waals surface area contributed by atoms with E-state index in [0.717, 1.165) is 45.2 Å². The van der Waals surface area contributed by atoms with E-state index in [-0.39, 0.29) is 131 Å². The Balaban J connectivity index is -0.000000115. The fourth-order valence-electron chi connectivity index (χ4n) is 10.2. The van der Waals surface area contributed by atoms with Crippen LogP contribution in [0.3, 0.4) is 0 Å². The minimum atomic E-state index is -2.33. The Morgan fingerprint density at radius 3 is 0.847 bits per heavy atom. The lowest BCUT2D eigenvalue weighted by Gasteiger charge is -2.46. The highest BCUT2D eigenvalue weighted by Crippen LogP contribution is 2.31. The number of aliphatic hydroxyl groups excluding tert-OH is 4. The van der Waals surface area contributed by atoms with E-state index in [9.17, 15) is 38.4 Å². The molecule has 3 fully saturated rings. The van der Waals surface area contributed by atoms with Gasteiger partial charge in [0.15, 0.2) is 66.5 Å². The normalized spacial score (nSPS) is 14.9. The quantitative estimate of drug-likeness (QED) is 0.0120. The van der Waals surface area contributed by atoms with Gasteiger partial charge in [-0.25, -0.2) is 33.6 Å². The average molecular weight is 1920 g/mol. The minimum Gasteiger partial charge on any atom is -0.466 e. The van der Waals surface area contributed by atoms with Crippen molar-refractivity contribution >= 4 is 149 Å². The number of nitrogens with two attached hydrogens (primary N) is 4. The van der Waals surface area contributed by atoms with Crippen LogP contribution in [0.2, 0.25) is 169 Å². The molecule has 716 valence electrons. The van der Waals surface area contributed by atoms with Gasteiger partial charge in [0, 0.05) is 43.4 Å². The van der Waals surface area contributed by atoms with Crippen LogP contribution in [0.5, 0.6) is 0 Å². The summed E-state index contributed by atoms with van der Waals surface area (Å²) in [7, 11) is -23.6. The number of cyclic esters (lactones) is 3. The molecule has 4 amide bonds. The number of carbonyl (C=O) groups is 8. The maximum Gasteiger partial charge on any atom is 0.508 e. The summed E-state index contributed by atoms with van der Waals surface area (Å²) >= 11 is 0. The van der Waals surface area contributed by atoms with E-state index in [1.54, 1.807) is 0 Å². The summed E-state index contributed by atoms with van der Waals surface area (Å²) in [5.41, 5.74) is 22.3. The Morgan fingerprint density at radius 1 is 0.356 bits per heavy atom. The monoisotopic (exact) mass is 1920 g/mol. The Labute approximate surface area is 726 Å². The minimum absolute atomic E-state index is 0. The van der Waals surface area contributed by atoms with Crippen LogP contribution in [0.25, 0.3) is 0 Å². The first-order chi connectivity index (χ1) is 50.3. The summed E-state index contributed by atoms with van der Waals surface area (Å²) in [5, 5.41) is 44.6. The second-order valence-electron chi connectivity index (χ2n) is 31.8. The van der Waals surface area contributed by atoms with Crippen LogP contribution in [0.1, 0.15) is 97.9 Å². The van der Waals surface area contributed by atoms with Crippen molar-refractivity contribution in [2.24, 2.45) is 22.9 Å². The molecule has 118 heavy (non-hydrogen) atoms. The summed E-state index contributed by atoms with van der Waals surface area (Å²) in [6.45, 7) is 50.2. The third-order valence-corrected chi connectivity index (χ3v) is 56.2. The highest BCUT2D eigenvalue weighted by Gasteiger charge is 2.50. The highest BCUT2D eigenvalue weighted by atomic mass is 28.5. The van der Waals surface area contributed by atoms with Gasteiger partial charge in [0.05, 0.1) is 19.8 Å². The van der Waals surface area contributed by atoms with E-state index in [1.165, 1.54) is 12.1 Å². The van der Waals surface area contributed by atoms with Gasteiger partial charge in [0.1, 0.15) is 66.1 Å². The van der Waals surface area contributed by atoms with Gasteiger partial charge < -0.3 is 140 Å². The van der Waals surface area contributed by atoms with E-state index in [4.69, 9.17) is 100.0 Å². The van der Waals surface area contributed by atoms with Gasteiger partial charge in [0.25, 0.3) is 0 Å². The number of rotatable bonds is 36. The molecule has 0 radical (unpaired) electrons. The Hall–Kier alpha value is -3.28. The van der Waals surface area contributed by atoms with Crippen LogP contribution in [0.15, 0.2) is 0 Å². The van der Waals surface area contributed by atoms with Gasteiger partial charge in [-0.3, -0.25) is 4.79 Å². The SMILES string of the molecule is C.C.C.C.C.C.C.C.C[Si](C)(CCCN)O[Si](C)(C)CCCN.C[Si](C)(CN)O[Si](C)(C)CN.C[Si](C)(CNC(=O)OCCO)O[Si](C)(C)CNC(=O)OCCO.C[Si](C)(CNC(=O)OCCOC(=O)CO)O[Si](C)(C)CNC(=O)OCCOC(=O)CO.C[Si]1(C)O[Si](C)(C)O[Si](C)(C)O[Si](C)(C)O1.O=C1CCCCCO1.O=C1OCCO1. The first-order valence-electron chi connectivity index (χ1n) is 37.0. The van der Waals surface area contributed by atoms with Gasteiger partial charge in [-0.1, -0.05) is 59.4 Å². The van der Waals surface area contributed by atoms with Gasteiger partial charge in [-0.15, -0.1) is 0 Å². The number of hydrogen-bond donors (Lipinski definition) is 12. The number of alkyl carbamates (subject to hydrolysis) is 4. The number of ether oxygens (including phenoxy) is 9. The highest BCUT2D eigenvalue weighted by molar-refractivity contribution is 6.93.